The van der Waals surface area contributed by atoms with E-state index in [9.17, 15) is 14.7 Å². The maximum atomic E-state index is 13.6. The Hall–Kier alpha value is -4.68. The highest BCUT2D eigenvalue weighted by Crippen LogP contribution is 2.90. The molecule has 0 saturated heterocycles. The number of anilines is 2. The first kappa shape index (κ1) is 32.9. The molecule has 0 radical (unpaired) electrons. The average molecular weight is 730 g/mol. The van der Waals surface area contributed by atoms with Crippen LogP contribution in [0, 0.1) is 28.6 Å². The second-order valence-electron chi connectivity index (χ2n) is 17.3. The number of hydrogen-bond donors (Lipinski definition) is 2. The molecule has 1 spiro atoms. The van der Waals surface area contributed by atoms with Crippen LogP contribution < -0.4 is 10.2 Å². The monoisotopic (exact) mass is 729 g/mol. The highest BCUT2D eigenvalue weighted by atomic mass is 32.1. The van der Waals surface area contributed by atoms with Gasteiger partial charge < -0.3 is 9.84 Å². The van der Waals surface area contributed by atoms with E-state index >= 15 is 0 Å². The molecule has 10 rings (SSSR count). The van der Waals surface area contributed by atoms with Gasteiger partial charge in [0.05, 0.1) is 22.2 Å². The van der Waals surface area contributed by atoms with Crippen LogP contribution in [0.1, 0.15) is 80.5 Å². The minimum absolute atomic E-state index is 0.0171. The van der Waals surface area contributed by atoms with Gasteiger partial charge in [0.1, 0.15) is 0 Å². The summed E-state index contributed by atoms with van der Waals surface area (Å²) >= 11 is 1.38. The summed E-state index contributed by atoms with van der Waals surface area (Å²) in [6, 6.07) is 13.1. The molecule has 5 aliphatic rings. The molecule has 11 nitrogen and oxygen atoms in total. The number of rotatable bonds is 7. The Morgan fingerprint density at radius 1 is 1.02 bits per heavy atom. The van der Waals surface area contributed by atoms with E-state index < -0.39 is 5.97 Å². The van der Waals surface area contributed by atoms with Crippen molar-refractivity contribution >= 4 is 44.5 Å². The predicted octanol–water partition coefficient (Wildman–Crippen LogP) is 8.37. The number of ether oxygens (including phenoxy) is 1. The third-order valence-electron chi connectivity index (χ3n) is 14.0. The fraction of sp³-hybridized carbons (Fsp3) is 0.463. The fourth-order valence-electron chi connectivity index (χ4n) is 12.5. The number of fused-ring (bicyclic) bond motifs is 4. The van der Waals surface area contributed by atoms with Crippen molar-refractivity contribution in [2.45, 2.75) is 84.3 Å². The van der Waals surface area contributed by atoms with Crippen LogP contribution in [0.2, 0.25) is 0 Å². The van der Waals surface area contributed by atoms with E-state index in [4.69, 9.17) is 14.8 Å². The highest BCUT2D eigenvalue weighted by Gasteiger charge is 2.84. The molecule has 2 amide bonds. The third kappa shape index (κ3) is 4.60. The number of benzene rings is 1. The number of carbonyl (C=O) groups is 2. The molecule has 272 valence electrons. The van der Waals surface area contributed by atoms with Gasteiger partial charge in [-0.25, -0.2) is 19.6 Å². The van der Waals surface area contributed by atoms with E-state index in [1.165, 1.54) is 30.6 Å². The summed E-state index contributed by atoms with van der Waals surface area (Å²) in [4.78, 5) is 41.6. The molecule has 4 aromatic heterocycles. The van der Waals surface area contributed by atoms with Gasteiger partial charge in [0.2, 0.25) is 0 Å². The number of methoxy groups -OCH3 is 1. The predicted molar refractivity (Wildman–Crippen MR) is 203 cm³/mol. The molecule has 3 bridgehead atoms. The van der Waals surface area contributed by atoms with Crippen molar-refractivity contribution in [1.82, 2.24) is 24.7 Å². The van der Waals surface area contributed by atoms with Crippen molar-refractivity contribution in [3.8, 4) is 22.4 Å². The van der Waals surface area contributed by atoms with Crippen molar-refractivity contribution in [3.05, 3.63) is 71.8 Å². The number of carboxylic acid groups (broad SMARTS) is 1. The SMILES string of the molecule is COC12CC3(C)CC4(C)CC(Cn5ncc(-c6ccc(-c7ccc8c(c7)N(C(=O)Nc7nc9ncccc9s7)CCC8)nc6C(=O)O)c5C)(C1)C4(C3)C2. The fourth-order valence-corrected chi connectivity index (χ4v) is 13.3. The van der Waals surface area contributed by atoms with E-state index in [0.29, 0.717) is 39.4 Å². The Labute approximate surface area is 311 Å². The molecular weight excluding hydrogens is 687 g/mol. The Kier molecular flexibility index (Phi) is 6.80. The molecule has 5 aromatic rings. The van der Waals surface area contributed by atoms with Crippen molar-refractivity contribution in [1.29, 1.82) is 0 Å². The van der Waals surface area contributed by atoms with Crippen molar-refractivity contribution in [2.75, 3.05) is 23.9 Å². The lowest BCUT2D eigenvalue weighted by Gasteiger charge is -2.65. The number of aromatic nitrogens is 5. The summed E-state index contributed by atoms with van der Waals surface area (Å²) in [7, 11) is 1.91. The van der Waals surface area contributed by atoms with Crippen molar-refractivity contribution < 1.29 is 19.4 Å². The van der Waals surface area contributed by atoms with Gasteiger partial charge in [-0.3, -0.25) is 14.9 Å². The summed E-state index contributed by atoms with van der Waals surface area (Å²) < 4.78 is 9.39. The molecule has 12 heteroatoms. The van der Waals surface area contributed by atoms with Crippen LogP contribution in [0.5, 0.6) is 0 Å². The van der Waals surface area contributed by atoms with E-state index in [0.717, 1.165) is 71.4 Å². The number of hydrogen-bond acceptors (Lipinski definition) is 8. The smallest absolute Gasteiger partial charge is 0.355 e. The number of nitrogens with zero attached hydrogens (tertiary/aromatic N) is 6. The number of carboxylic acids is 1. The molecule has 1 aromatic carbocycles. The van der Waals surface area contributed by atoms with E-state index in [1.54, 1.807) is 11.1 Å². The van der Waals surface area contributed by atoms with Crippen LogP contribution in [0.3, 0.4) is 0 Å². The lowest BCUT2D eigenvalue weighted by Crippen LogP contribution is -2.60. The van der Waals surface area contributed by atoms with Gasteiger partial charge in [-0.05, 0) is 116 Å². The standard InChI is InChI=1S/C41H43N7O4S/c1-24-28(16-43-48(24)23-39-20-38(3)17-37(2)18-40(21-39,52-4)22-41(38,39)19-37)27-11-12-29(44-32(27)34(49)50)26-10-9-25-7-6-14-47(30(25)15-26)36(51)46-35-45-33-31(53-35)8-5-13-42-33/h5,8-13,15-16H,6-7,14,17-23H2,1-4H3,(H,49,50)(H,42,45,46,51). The zero-order valence-corrected chi connectivity index (χ0v) is 31.3. The molecular formula is C41H43N7O4S. The molecule has 5 heterocycles. The van der Waals surface area contributed by atoms with Gasteiger partial charge >= 0.3 is 12.0 Å². The number of carbonyl (C=O) groups excluding carboxylic acids is 1. The number of urea groups is 1. The highest BCUT2D eigenvalue weighted by molar-refractivity contribution is 7.22. The molecule has 1 aliphatic heterocycles. The normalized spacial score (nSPS) is 30.7. The second kappa shape index (κ2) is 10.9. The van der Waals surface area contributed by atoms with E-state index in [2.05, 4.69) is 33.8 Å². The minimum Gasteiger partial charge on any atom is -0.476 e. The van der Waals surface area contributed by atoms with Crippen LogP contribution in [-0.4, -0.2) is 61.1 Å². The number of thiazole rings is 1. The van der Waals surface area contributed by atoms with Crippen LogP contribution in [0.4, 0.5) is 15.6 Å². The Balaban J connectivity index is 0.941. The van der Waals surface area contributed by atoms with Crippen molar-refractivity contribution in [3.63, 3.8) is 0 Å². The zero-order valence-electron chi connectivity index (χ0n) is 30.5. The van der Waals surface area contributed by atoms with Gasteiger partial charge in [0.25, 0.3) is 0 Å². The number of aryl methyl sites for hydroxylation is 1. The summed E-state index contributed by atoms with van der Waals surface area (Å²) in [6.45, 7) is 8.41. The maximum Gasteiger partial charge on any atom is 0.355 e. The van der Waals surface area contributed by atoms with Crippen LogP contribution in [-0.2, 0) is 17.7 Å². The summed E-state index contributed by atoms with van der Waals surface area (Å²) in [5, 5.41) is 18.8. The second-order valence-corrected chi connectivity index (χ2v) is 18.3. The van der Waals surface area contributed by atoms with Gasteiger partial charge in [0, 0.05) is 54.5 Å². The van der Waals surface area contributed by atoms with E-state index in [-0.39, 0.29) is 28.2 Å². The minimum atomic E-state index is -1.10. The number of nitrogens with one attached hydrogen (secondary N) is 1. The summed E-state index contributed by atoms with van der Waals surface area (Å²) in [6.07, 6.45) is 12.2. The van der Waals surface area contributed by atoms with Gasteiger partial charge in [0.15, 0.2) is 16.5 Å². The first-order valence-electron chi connectivity index (χ1n) is 18.6. The van der Waals surface area contributed by atoms with Gasteiger partial charge in [-0.15, -0.1) is 0 Å². The quantitative estimate of drug-likeness (QED) is 0.171. The third-order valence-corrected chi connectivity index (χ3v) is 14.9. The molecule has 5 unspecified atom stereocenters. The maximum absolute atomic E-state index is 13.6. The lowest BCUT2D eigenvalue weighted by molar-refractivity contribution is -0.178. The zero-order chi connectivity index (χ0) is 36.5. The first-order valence-corrected chi connectivity index (χ1v) is 19.4. The molecule has 4 aliphatic carbocycles. The average Bonchev–Trinajstić information content (AvgIpc) is 3.79. The number of aromatic carboxylic acids is 1. The Morgan fingerprint density at radius 2 is 1.89 bits per heavy atom. The van der Waals surface area contributed by atoms with Gasteiger partial charge in [-0.2, -0.15) is 10.1 Å². The largest absolute Gasteiger partial charge is 0.476 e. The van der Waals surface area contributed by atoms with Crippen LogP contribution in [0.25, 0.3) is 32.7 Å². The first-order chi connectivity index (χ1) is 25.4. The Bertz CT molecular complexity index is 2360. The molecule has 5 atom stereocenters. The lowest BCUT2D eigenvalue weighted by atomic mass is 9.39. The summed E-state index contributed by atoms with van der Waals surface area (Å²) in [5.74, 6) is -1.10. The number of amides is 2. The van der Waals surface area contributed by atoms with Gasteiger partial charge in [-0.1, -0.05) is 37.3 Å². The number of pyridine rings is 2. The summed E-state index contributed by atoms with van der Waals surface area (Å²) in [5.41, 5.74) is 6.96. The molecule has 53 heavy (non-hydrogen) atoms. The van der Waals surface area contributed by atoms with Crippen LogP contribution >= 0.6 is 11.3 Å². The molecule has 4 fully saturated rings. The van der Waals surface area contributed by atoms with Crippen LogP contribution in [0.15, 0.2) is 54.9 Å². The van der Waals surface area contributed by atoms with E-state index in [1.807, 2.05) is 62.7 Å². The molecule has 2 N–H and O–H groups in total. The topological polar surface area (TPSA) is 135 Å². The molecule has 4 saturated carbocycles. The Morgan fingerprint density at radius 3 is 2.70 bits per heavy atom. The van der Waals surface area contributed by atoms with Crippen molar-refractivity contribution in [2.24, 2.45) is 21.7 Å².